The Morgan fingerprint density at radius 1 is 0.761 bits per heavy atom. The van der Waals surface area contributed by atoms with Gasteiger partial charge in [0, 0.05) is 66.7 Å². The van der Waals surface area contributed by atoms with Crippen LogP contribution in [0, 0.1) is 0 Å². The second kappa shape index (κ2) is 19.9. The third-order valence-electron chi connectivity index (χ3n) is 13.1. The molecule has 3 aromatic carbocycles. The van der Waals surface area contributed by atoms with Crippen molar-refractivity contribution < 1.29 is 54.5 Å². The van der Waals surface area contributed by atoms with Crippen LogP contribution >= 0.6 is 0 Å². The summed E-state index contributed by atoms with van der Waals surface area (Å²) in [5.74, 6) is -0.623. The minimum absolute atomic E-state index is 0.0425. The molecule has 0 bridgehead atoms. The van der Waals surface area contributed by atoms with Gasteiger partial charge in [0.2, 0.25) is 5.69 Å². The maximum atomic E-state index is 12.5. The van der Waals surface area contributed by atoms with E-state index in [2.05, 4.69) is 66.7 Å². The average molecular weight is 955 g/mol. The molecule has 0 saturated carbocycles. The normalized spacial score (nSPS) is 19.3. The van der Waals surface area contributed by atoms with Crippen LogP contribution in [0.2, 0.25) is 0 Å². The van der Waals surface area contributed by atoms with Gasteiger partial charge >= 0.3 is 5.97 Å². The molecule has 14 nitrogen and oxygen atoms in total. The maximum Gasteiger partial charge on any atom is 0.333 e. The van der Waals surface area contributed by atoms with Crippen molar-refractivity contribution in [2.75, 3.05) is 18.0 Å². The van der Waals surface area contributed by atoms with E-state index in [-0.39, 0.29) is 34.5 Å². The number of carbonyl (C=O) groups is 3. The number of hydroxylamine groups is 2. The number of para-hydroxylation sites is 1. The Labute approximate surface area is 393 Å². The van der Waals surface area contributed by atoms with E-state index < -0.39 is 43.4 Å². The van der Waals surface area contributed by atoms with Gasteiger partial charge in [-0.3, -0.25) is 18.7 Å². The molecular weight excluding hydrogens is 895 g/mol. The van der Waals surface area contributed by atoms with E-state index in [1.807, 2.05) is 26.0 Å². The quantitative estimate of drug-likeness (QED) is 0.0533. The van der Waals surface area contributed by atoms with E-state index in [4.69, 9.17) is 9.57 Å². The Kier molecular flexibility index (Phi) is 14.6. The first-order chi connectivity index (χ1) is 31.7. The van der Waals surface area contributed by atoms with Crippen molar-refractivity contribution >= 4 is 55.1 Å². The van der Waals surface area contributed by atoms with E-state index in [9.17, 15) is 40.3 Å². The highest BCUT2D eigenvalue weighted by Gasteiger charge is 2.44. The third-order valence-corrected chi connectivity index (χ3v) is 14.8. The third kappa shape index (κ3) is 10.7. The van der Waals surface area contributed by atoms with Crippen molar-refractivity contribution in [2.24, 2.45) is 0 Å². The molecule has 1 aliphatic carbocycles. The number of amides is 2. The van der Waals surface area contributed by atoms with Gasteiger partial charge in [0.25, 0.3) is 32.1 Å². The largest absolute Gasteiger partial charge is 0.457 e. The van der Waals surface area contributed by atoms with Crippen LogP contribution in [0.15, 0.2) is 123 Å². The van der Waals surface area contributed by atoms with Gasteiger partial charge in [0.1, 0.15) is 18.1 Å². The summed E-state index contributed by atoms with van der Waals surface area (Å²) in [7, 11) is -8.87. The number of unbranched alkanes of at least 4 members (excludes halogenated alkanes) is 4. The van der Waals surface area contributed by atoms with Gasteiger partial charge in [-0.2, -0.15) is 21.4 Å². The van der Waals surface area contributed by atoms with E-state index in [0.29, 0.717) is 55.3 Å². The molecule has 3 aliphatic heterocycles. The van der Waals surface area contributed by atoms with E-state index in [1.54, 1.807) is 12.1 Å². The van der Waals surface area contributed by atoms with Crippen molar-refractivity contribution in [3.63, 3.8) is 0 Å². The minimum atomic E-state index is -4.43. The van der Waals surface area contributed by atoms with Crippen LogP contribution < -0.4 is 9.64 Å². The zero-order valence-corrected chi connectivity index (χ0v) is 40.4. The number of fused-ring (bicyclic) bond motifs is 2. The number of nitrogens with zero attached hydrogens (tertiary/aromatic N) is 3. The molecular formula is C51H60N3O11S2+. The van der Waals surface area contributed by atoms with Crippen molar-refractivity contribution in [2.45, 2.75) is 132 Å². The zero-order valence-electron chi connectivity index (χ0n) is 38.8. The van der Waals surface area contributed by atoms with Crippen LogP contribution in [-0.4, -0.2) is 72.2 Å². The molecule has 356 valence electrons. The lowest BCUT2D eigenvalue weighted by Gasteiger charge is -2.27. The summed E-state index contributed by atoms with van der Waals surface area (Å²) in [6, 6.07) is 18.7. The first-order valence-corrected chi connectivity index (χ1v) is 25.9. The van der Waals surface area contributed by atoms with Crippen LogP contribution in [0.1, 0.15) is 123 Å². The molecule has 3 heterocycles. The SMILES string of the molecule is CCCCCN1C(=CC=C2CCCC(C=CC3=[N+](CCCCCC(=O)ON4C(=O)CCC4=O)c4ccccc4C3(C)C)=C2Oc2ccc(S(=O)(=O)O)cc2)C(C)(C)c2cc(S(=O)(=O)O)ccc21. The molecule has 16 heteroatoms. The lowest BCUT2D eigenvalue weighted by molar-refractivity contribution is -0.438. The first kappa shape index (κ1) is 49.2. The van der Waals surface area contributed by atoms with Crippen LogP contribution in [0.5, 0.6) is 5.75 Å². The number of allylic oxidation sites excluding steroid dienone is 7. The molecule has 67 heavy (non-hydrogen) atoms. The smallest absolute Gasteiger partial charge is 0.333 e. The van der Waals surface area contributed by atoms with Gasteiger partial charge in [0.15, 0.2) is 5.71 Å². The summed E-state index contributed by atoms with van der Waals surface area (Å²) >= 11 is 0. The number of imide groups is 1. The summed E-state index contributed by atoms with van der Waals surface area (Å²) in [6.07, 6.45) is 15.6. The van der Waals surface area contributed by atoms with Crippen molar-refractivity contribution in [1.29, 1.82) is 0 Å². The Morgan fingerprint density at radius 3 is 2.13 bits per heavy atom. The summed E-state index contributed by atoms with van der Waals surface area (Å²) in [4.78, 5) is 43.2. The second-order valence-corrected chi connectivity index (χ2v) is 21.3. The fraction of sp³-hybridized carbons (Fsp3) is 0.412. The van der Waals surface area contributed by atoms with E-state index >= 15 is 0 Å². The van der Waals surface area contributed by atoms with E-state index in [0.717, 1.165) is 71.6 Å². The molecule has 1 saturated heterocycles. The highest BCUT2D eigenvalue weighted by atomic mass is 32.2. The molecule has 1 fully saturated rings. The standard InChI is InChI=1S/C51H59N3O11S2/c1-6-7-12-32-53-43-27-26-39(67(61,62)63)34-41(43)51(4,5)45(53)29-21-36-16-14-15-35(49(36)64-37-22-24-38(25-23-37)66(58,59)60)20-28-44-50(2,3)40-17-10-11-18-42(40)52(44)33-13-8-9-19-48(57)65-54-46(55)30-31-47(54)56/h10-11,17-18,20-29,34H,6-9,12-16,19,30-33H2,1-5H3,(H-,58,59,60,61,62,63)/p+1. The summed E-state index contributed by atoms with van der Waals surface area (Å²) in [5, 5.41) is 0.581. The molecule has 2 amide bonds. The number of hydrogen-bond donors (Lipinski definition) is 2. The predicted molar refractivity (Wildman–Crippen MR) is 254 cm³/mol. The van der Waals surface area contributed by atoms with Gasteiger partial charge in [0.05, 0.1) is 15.2 Å². The highest BCUT2D eigenvalue weighted by Crippen LogP contribution is 2.49. The molecule has 0 atom stereocenters. The lowest BCUT2D eigenvalue weighted by Crippen LogP contribution is -2.31. The molecule has 0 spiro atoms. The molecule has 4 aliphatic rings. The Morgan fingerprint density at radius 2 is 1.45 bits per heavy atom. The summed E-state index contributed by atoms with van der Waals surface area (Å²) < 4.78 is 77.0. The molecule has 0 unspecified atom stereocenters. The van der Waals surface area contributed by atoms with Crippen LogP contribution in [0.4, 0.5) is 11.4 Å². The number of benzene rings is 3. The van der Waals surface area contributed by atoms with Crippen molar-refractivity contribution in [3.8, 4) is 5.75 Å². The molecule has 3 aromatic rings. The van der Waals surface area contributed by atoms with Crippen molar-refractivity contribution in [1.82, 2.24) is 5.06 Å². The Bertz CT molecular complexity index is 2820. The van der Waals surface area contributed by atoms with Crippen LogP contribution in [0.3, 0.4) is 0 Å². The highest BCUT2D eigenvalue weighted by molar-refractivity contribution is 7.86. The Hall–Kier alpha value is -5.68. The van der Waals surface area contributed by atoms with Crippen molar-refractivity contribution in [3.05, 3.63) is 125 Å². The maximum absolute atomic E-state index is 12.5. The van der Waals surface area contributed by atoms with Gasteiger partial charge in [-0.05, 0) is 124 Å². The number of ether oxygens (including phenoxy) is 1. The van der Waals surface area contributed by atoms with Crippen LogP contribution in [-0.2, 0) is 50.3 Å². The Balaban J connectivity index is 1.23. The topological polar surface area (TPSA) is 188 Å². The van der Waals surface area contributed by atoms with Crippen LogP contribution in [0.25, 0.3) is 0 Å². The average Bonchev–Trinajstić information content (AvgIpc) is 3.79. The lowest BCUT2D eigenvalue weighted by atomic mass is 9.81. The van der Waals surface area contributed by atoms with E-state index in [1.165, 1.54) is 35.9 Å². The summed E-state index contributed by atoms with van der Waals surface area (Å²) in [6.45, 7) is 12.0. The first-order valence-electron chi connectivity index (χ1n) is 23.0. The fourth-order valence-corrected chi connectivity index (χ4v) is 10.5. The number of anilines is 1. The number of rotatable bonds is 18. The summed E-state index contributed by atoms with van der Waals surface area (Å²) in [5.41, 5.74) is 6.79. The van der Waals surface area contributed by atoms with Gasteiger partial charge in [-0.1, -0.05) is 57.9 Å². The minimum Gasteiger partial charge on any atom is -0.457 e. The zero-order chi connectivity index (χ0) is 48.3. The predicted octanol–water partition coefficient (Wildman–Crippen LogP) is 9.60. The fourth-order valence-electron chi connectivity index (χ4n) is 9.49. The number of hydrogen-bond acceptors (Lipinski definition) is 10. The monoisotopic (exact) mass is 954 g/mol. The molecule has 0 aromatic heterocycles. The number of carbonyl (C=O) groups excluding carboxylic acids is 3. The molecule has 7 rings (SSSR count). The molecule has 0 radical (unpaired) electrons. The second-order valence-electron chi connectivity index (χ2n) is 18.5. The van der Waals surface area contributed by atoms with Gasteiger partial charge < -0.3 is 14.5 Å². The van der Waals surface area contributed by atoms with Gasteiger partial charge in [-0.15, -0.1) is 5.06 Å². The molecule has 2 N–H and O–H groups in total. The van der Waals surface area contributed by atoms with Gasteiger partial charge in [-0.25, -0.2) is 4.79 Å².